The van der Waals surface area contributed by atoms with Gasteiger partial charge in [0.25, 0.3) is 0 Å². The van der Waals surface area contributed by atoms with Gasteiger partial charge in [-0.2, -0.15) is 0 Å². The molecule has 0 spiro atoms. The van der Waals surface area contributed by atoms with Gasteiger partial charge in [0.1, 0.15) is 5.54 Å². The Hall–Kier alpha value is -0.610. The molecule has 0 amide bonds. The van der Waals surface area contributed by atoms with Crippen molar-refractivity contribution in [3.63, 3.8) is 0 Å². The third kappa shape index (κ3) is 6.79. The van der Waals surface area contributed by atoms with E-state index >= 15 is 0 Å². The van der Waals surface area contributed by atoms with Crippen molar-refractivity contribution in [2.45, 2.75) is 64.8 Å². The standard InChI is InChI=1S/C17H34N2O2/c1-5-11-18-17(3,16(20)21-4)10-7-13-19(12-6-2)14-15-8-9-15/h15,18H,5-14H2,1-4H3. The average Bonchev–Trinajstić information content (AvgIpc) is 3.28. The predicted octanol–water partition coefficient (Wildman–Crippen LogP) is 2.82. The van der Waals surface area contributed by atoms with E-state index in [1.807, 2.05) is 6.92 Å². The number of carbonyl (C=O) groups is 1. The highest BCUT2D eigenvalue weighted by atomic mass is 16.5. The molecule has 21 heavy (non-hydrogen) atoms. The number of hydrogen-bond acceptors (Lipinski definition) is 4. The van der Waals surface area contributed by atoms with Crippen LogP contribution in [0.25, 0.3) is 0 Å². The summed E-state index contributed by atoms with van der Waals surface area (Å²) in [6.07, 6.45) is 6.90. The molecule has 0 aromatic heterocycles. The Bertz CT molecular complexity index is 305. The van der Waals surface area contributed by atoms with Crippen molar-refractivity contribution in [3.8, 4) is 0 Å². The SMILES string of the molecule is CCCNC(C)(CCCN(CCC)CC1CC1)C(=O)OC. The topological polar surface area (TPSA) is 41.6 Å². The van der Waals surface area contributed by atoms with Gasteiger partial charge in [-0.25, -0.2) is 0 Å². The second kappa shape index (κ2) is 9.42. The first kappa shape index (κ1) is 18.4. The first-order valence-corrected chi connectivity index (χ1v) is 8.61. The lowest BCUT2D eigenvalue weighted by molar-refractivity contribution is -0.148. The zero-order valence-electron chi connectivity index (χ0n) is 14.4. The summed E-state index contributed by atoms with van der Waals surface area (Å²) in [5, 5.41) is 3.36. The number of carbonyl (C=O) groups excluding carboxylic acids is 1. The van der Waals surface area contributed by atoms with Crippen molar-refractivity contribution in [2.75, 3.05) is 33.3 Å². The normalized spacial score (nSPS) is 17.8. The minimum Gasteiger partial charge on any atom is -0.468 e. The van der Waals surface area contributed by atoms with Crippen molar-refractivity contribution in [3.05, 3.63) is 0 Å². The smallest absolute Gasteiger partial charge is 0.325 e. The van der Waals surface area contributed by atoms with E-state index in [0.717, 1.165) is 38.3 Å². The quantitative estimate of drug-likeness (QED) is 0.563. The third-order valence-corrected chi connectivity index (χ3v) is 4.31. The van der Waals surface area contributed by atoms with Crippen LogP contribution in [0.3, 0.4) is 0 Å². The Balaban J connectivity index is 2.40. The van der Waals surface area contributed by atoms with Gasteiger partial charge in [-0.15, -0.1) is 0 Å². The molecule has 1 rings (SSSR count). The largest absolute Gasteiger partial charge is 0.468 e. The molecular formula is C17H34N2O2. The number of nitrogens with one attached hydrogen (secondary N) is 1. The molecule has 0 heterocycles. The molecule has 0 saturated heterocycles. The van der Waals surface area contributed by atoms with E-state index < -0.39 is 5.54 Å². The van der Waals surface area contributed by atoms with Crippen LogP contribution in [0, 0.1) is 5.92 Å². The molecule has 124 valence electrons. The Morgan fingerprint density at radius 3 is 2.52 bits per heavy atom. The molecule has 1 fully saturated rings. The first-order valence-electron chi connectivity index (χ1n) is 8.61. The van der Waals surface area contributed by atoms with Gasteiger partial charge < -0.3 is 15.0 Å². The number of ether oxygens (including phenoxy) is 1. The second-order valence-electron chi connectivity index (χ2n) is 6.60. The molecule has 4 heteroatoms. The van der Waals surface area contributed by atoms with E-state index in [0.29, 0.717) is 0 Å². The van der Waals surface area contributed by atoms with Crippen LogP contribution >= 0.6 is 0 Å². The zero-order valence-corrected chi connectivity index (χ0v) is 14.4. The fourth-order valence-corrected chi connectivity index (χ4v) is 2.82. The molecule has 0 bridgehead atoms. The maximum Gasteiger partial charge on any atom is 0.325 e. The van der Waals surface area contributed by atoms with Gasteiger partial charge >= 0.3 is 5.97 Å². The van der Waals surface area contributed by atoms with E-state index in [-0.39, 0.29) is 5.97 Å². The van der Waals surface area contributed by atoms with E-state index in [1.165, 1.54) is 39.5 Å². The van der Waals surface area contributed by atoms with Crippen LogP contribution in [-0.2, 0) is 9.53 Å². The van der Waals surface area contributed by atoms with Gasteiger partial charge in [-0.1, -0.05) is 13.8 Å². The van der Waals surface area contributed by atoms with E-state index in [1.54, 1.807) is 0 Å². The van der Waals surface area contributed by atoms with Crippen LogP contribution in [0.5, 0.6) is 0 Å². The Morgan fingerprint density at radius 1 is 1.29 bits per heavy atom. The first-order chi connectivity index (χ1) is 10.1. The van der Waals surface area contributed by atoms with Crippen molar-refractivity contribution in [1.82, 2.24) is 10.2 Å². The molecule has 1 saturated carbocycles. The Morgan fingerprint density at radius 2 is 2.00 bits per heavy atom. The van der Waals surface area contributed by atoms with Crippen molar-refractivity contribution in [1.29, 1.82) is 0 Å². The highest BCUT2D eigenvalue weighted by molar-refractivity contribution is 5.80. The van der Waals surface area contributed by atoms with E-state index in [2.05, 4.69) is 24.1 Å². The summed E-state index contributed by atoms with van der Waals surface area (Å²) in [7, 11) is 1.48. The molecule has 0 aromatic carbocycles. The van der Waals surface area contributed by atoms with Gasteiger partial charge in [-0.05, 0) is 71.0 Å². The summed E-state index contributed by atoms with van der Waals surface area (Å²) in [4.78, 5) is 14.6. The lowest BCUT2D eigenvalue weighted by atomic mass is 9.95. The van der Waals surface area contributed by atoms with Crippen molar-refractivity contribution in [2.24, 2.45) is 5.92 Å². The van der Waals surface area contributed by atoms with Gasteiger partial charge in [0.05, 0.1) is 7.11 Å². The fourth-order valence-electron chi connectivity index (χ4n) is 2.82. The van der Waals surface area contributed by atoms with Crippen molar-refractivity contribution >= 4 is 5.97 Å². The molecule has 1 N–H and O–H groups in total. The maximum atomic E-state index is 12.0. The second-order valence-corrected chi connectivity index (χ2v) is 6.60. The van der Waals surface area contributed by atoms with Gasteiger partial charge in [0.2, 0.25) is 0 Å². The average molecular weight is 298 g/mol. The van der Waals surface area contributed by atoms with Crippen LogP contribution in [0.2, 0.25) is 0 Å². The summed E-state index contributed by atoms with van der Waals surface area (Å²) in [6, 6.07) is 0. The monoisotopic (exact) mass is 298 g/mol. The fraction of sp³-hybridized carbons (Fsp3) is 0.941. The highest BCUT2D eigenvalue weighted by Crippen LogP contribution is 2.30. The zero-order chi connectivity index (χ0) is 15.7. The molecule has 1 atom stereocenters. The van der Waals surface area contributed by atoms with Crippen LogP contribution < -0.4 is 5.32 Å². The van der Waals surface area contributed by atoms with E-state index in [9.17, 15) is 4.79 Å². The molecule has 1 unspecified atom stereocenters. The molecule has 1 aliphatic rings. The highest BCUT2D eigenvalue weighted by Gasteiger charge is 2.33. The number of hydrogen-bond donors (Lipinski definition) is 1. The van der Waals surface area contributed by atoms with E-state index in [4.69, 9.17) is 4.74 Å². The lowest BCUT2D eigenvalue weighted by Crippen LogP contribution is -2.50. The molecule has 4 nitrogen and oxygen atoms in total. The van der Waals surface area contributed by atoms with Crippen LogP contribution in [0.4, 0.5) is 0 Å². The minimum atomic E-state index is -0.539. The van der Waals surface area contributed by atoms with Crippen LogP contribution in [0.1, 0.15) is 59.3 Å². The Labute approximate surface area is 130 Å². The third-order valence-electron chi connectivity index (χ3n) is 4.31. The number of methoxy groups -OCH3 is 1. The molecule has 0 aliphatic heterocycles. The molecule has 0 radical (unpaired) electrons. The van der Waals surface area contributed by atoms with Gasteiger partial charge in [0.15, 0.2) is 0 Å². The number of esters is 1. The summed E-state index contributed by atoms with van der Waals surface area (Å²) in [5.74, 6) is 0.793. The van der Waals surface area contributed by atoms with Crippen molar-refractivity contribution < 1.29 is 9.53 Å². The predicted molar refractivity (Wildman–Crippen MR) is 87.4 cm³/mol. The summed E-state index contributed by atoms with van der Waals surface area (Å²) in [6.45, 7) is 10.7. The summed E-state index contributed by atoms with van der Waals surface area (Å²) in [5.41, 5.74) is -0.539. The van der Waals surface area contributed by atoms with Crippen LogP contribution in [0.15, 0.2) is 0 Å². The minimum absolute atomic E-state index is 0.139. The van der Waals surface area contributed by atoms with Gasteiger partial charge in [0, 0.05) is 6.54 Å². The summed E-state index contributed by atoms with van der Waals surface area (Å²) >= 11 is 0. The van der Waals surface area contributed by atoms with Gasteiger partial charge in [-0.3, -0.25) is 4.79 Å². The number of nitrogens with zero attached hydrogens (tertiary/aromatic N) is 1. The molecule has 1 aliphatic carbocycles. The number of rotatable bonds is 12. The molecule has 0 aromatic rings. The lowest BCUT2D eigenvalue weighted by Gasteiger charge is -2.29. The summed E-state index contributed by atoms with van der Waals surface area (Å²) < 4.78 is 4.98. The Kier molecular flexibility index (Phi) is 8.27. The maximum absolute atomic E-state index is 12.0. The van der Waals surface area contributed by atoms with Crippen LogP contribution in [-0.4, -0.2) is 49.7 Å². The molecular weight excluding hydrogens is 264 g/mol.